The topological polar surface area (TPSA) is 122 Å². The van der Waals surface area contributed by atoms with E-state index < -0.39 is 51.4 Å². The monoisotopic (exact) mass is 500 g/mol. The summed E-state index contributed by atoms with van der Waals surface area (Å²) >= 11 is 12.7. The van der Waals surface area contributed by atoms with Crippen LogP contribution < -0.4 is 16.4 Å². The van der Waals surface area contributed by atoms with Crippen molar-refractivity contribution in [1.29, 1.82) is 0 Å². The van der Waals surface area contributed by atoms with Gasteiger partial charge in [0.15, 0.2) is 0 Å². The van der Waals surface area contributed by atoms with E-state index in [0.717, 1.165) is 0 Å². The Morgan fingerprint density at radius 1 is 1.18 bits per heavy atom. The predicted octanol–water partition coefficient (Wildman–Crippen LogP) is 1.70. The lowest BCUT2D eigenvalue weighted by Gasteiger charge is -2.35. The van der Waals surface area contributed by atoms with Crippen LogP contribution in [-0.4, -0.2) is 64.0 Å². The van der Waals surface area contributed by atoms with E-state index in [4.69, 9.17) is 28.9 Å². The second-order valence-corrected chi connectivity index (χ2v) is 11.2. The van der Waals surface area contributed by atoms with Crippen LogP contribution in [0.1, 0.15) is 40.0 Å². The van der Waals surface area contributed by atoms with E-state index in [9.17, 15) is 19.2 Å². The van der Waals surface area contributed by atoms with Gasteiger partial charge in [-0.15, -0.1) is 36.4 Å². The van der Waals surface area contributed by atoms with E-state index in [2.05, 4.69) is 23.8 Å². The van der Waals surface area contributed by atoms with E-state index >= 15 is 0 Å². The predicted molar refractivity (Wildman–Crippen MR) is 129 cm³/mol. The van der Waals surface area contributed by atoms with Crippen LogP contribution >= 0.6 is 23.2 Å². The van der Waals surface area contributed by atoms with Crippen molar-refractivity contribution in [3.05, 3.63) is 25.3 Å². The van der Waals surface area contributed by atoms with Crippen LogP contribution in [-0.2, 0) is 19.2 Å². The van der Waals surface area contributed by atoms with Gasteiger partial charge in [-0.3, -0.25) is 19.2 Å². The van der Waals surface area contributed by atoms with Gasteiger partial charge in [-0.25, -0.2) is 0 Å². The van der Waals surface area contributed by atoms with Crippen LogP contribution in [0.2, 0.25) is 0 Å². The molecule has 1 aliphatic heterocycles. The summed E-state index contributed by atoms with van der Waals surface area (Å²) in [5.74, 6) is -3.28. The zero-order valence-corrected chi connectivity index (χ0v) is 20.9. The van der Waals surface area contributed by atoms with Gasteiger partial charge in [-0.2, -0.15) is 0 Å². The molecule has 4 N–H and O–H groups in total. The minimum atomic E-state index is -1.13. The minimum Gasteiger partial charge on any atom is -0.349 e. The molecule has 0 bridgehead atoms. The van der Waals surface area contributed by atoms with Crippen molar-refractivity contribution >= 4 is 46.7 Å². The van der Waals surface area contributed by atoms with Crippen molar-refractivity contribution in [2.45, 2.75) is 62.5 Å². The molecule has 0 radical (unpaired) electrons. The number of likely N-dealkylation sites (tertiary alicyclic amines) is 1. The molecular weight excluding hydrogens is 467 g/mol. The van der Waals surface area contributed by atoms with Gasteiger partial charge >= 0.3 is 0 Å². The van der Waals surface area contributed by atoms with Crippen LogP contribution in [0.5, 0.6) is 0 Å². The highest BCUT2D eigenvalue weighted by molar-refractivity contribution is 6.51. The zero-order chi connectivity index (χ0) is 25.1. The number of carbonyl (C=O) groups excluding carboxylic acids is 4. The Bertz CT molecular complexity index is 824. The molecule has 2 fully saturated rings. The van der Waals surface area contributed by atoms with Gasteiger partial charge < -0.3 is 21.3 Å². The maximum absolute atomic E-state index is 13.3. The Morgan fingerprint density at radius 2 is 1.79 bits per heavy atom. The summed E-state index contributed by atoms with van der Waals surface area (Å²) in [7, 11) is 0. The lowest BCUT2D eigenvalue weighted by Crippen LogP contribution is -2.59. The molecule has 3 amide bonds. The second kappa shape index (κ2) is 10.6. The number of carbonyl (C=O) groups is 4. The number of piperidine rings is 1. The molecule has 2 aliphatic rings. The van der Waals surface area contributed by atoms with Crippen LogP contribution in [0.4, 0.5) is 0 Å². The Labute approximate surface area is 205 Å². The molecule has 33 heavy (non-hydrogen) atoms. The Morgan fingerprint density at radius 3 is 2.33 bits per heavy atom. The summed E-state index contributed by atoms with van der Waals surface area (Å²) in [4.78, 5) is 52.9. The SMILES string of the molecule is C=CCCNC(=O)C(=O)C(CCC=C)NC(=O)[C@@H]1[C@H]2[C@@H](CN1C(=O)[C@@H](N)C(C)(C)C)C2(Cl)Cl. The summed E-state index contributed by atoms with van der Waals surface area (Å²) < 4.78 is -1.13. The second-order valence-electron chi connectivity index (χ2n) is 9.71. The molecule has 1 saturated heterocycles. The number of hydrogen-bond donors (Lipinski definition) is 3. The highest BCUT2D eigenvalue weighted by Crippen LogP contribution is 2.65. The first kappa shape index (κ1) is 27.3. The molecular formula is C23H34Cl2N4O4. The molecule has 0 aromatic rings. The number of nitrogens with zero attached hydrogens (tertiary/aromatic N) is 1. The quantitative estimate of drug-likeness (QED) is 0.172. The standard InChI is InChI=1S/C23H34Cl2N4O4/c1-6-8-10-14(17(30)20(32)27-11-9-7-2)28-19(31)16-15-13(23(15,24)25)12-29(16)21(33)18(26)22(3,4)5/h6-7,13-16,18H,1-2,8-12,26H2,3-5H3,(H,27,32)(H,28,31)/t13-,14?,15-,16+,18-/m1/s1. The maximum Gasteiger partial charge on any atom is 0.289 e. The van der Waals surface area contributed by atoms with Crippen LogP contribution in [0.15, 0.2) is 25.3 Å². The maximum atomic E-state index is 13.3. The molecule has 1 heterocycles. The lowest BCUT2D eigenvalue weighted by molar-refractivity contribution is -0.144. The van der Waals surface area contributed by atoms with Crippen molar-refractivity contribution in [1.82, 2.24) is 15.5 Å². The first-order valence-corrected chi connectivity index (χ1v) is 11.8. The summed E-state index contributed by atoms with van der Waals surface area (Å²) in [6.07, 6.45) is 4.31. The fourth-order valence-electron chi connectivity index (χ4n) is 4.03. The average Bonchev–Trinajstić information content (AvgIpc) is 3.08. The Hall–Kier alpha value is -1.90. The molecule has 8 nitrogen and oxygen atoms in total. The number of ketones is 1. The number of nitrogens with two attached hydrogens (primary N) is 1. The Kier molecular flexibility index (Phi) is 8.76. The van der Waals surface area contributed by atoms with Gasteiger partial charge in [0.2, 0.25) is 17.6 Å². The normalized spacial score (nSPS) is 24.8. The van der Waals surface area contributed by atoms with Crippen LogP contribution in [0.25, 0.3) is 0 Å². The van der Waals surface area contributed by atoms with Gasteiger partial charge in [0.05, 0.1) is 12.1 Å². The number of nitrogens with one attached hydrogen (secondary N) is 2. The average molecular weight is 501 g/mol. The van der Waals surface area contributed by atoms with E-state index in [-0.39, 0.29) is 31.3 Å². The number of amides is 3. The Balaban J connectivity index is 2.21. The number of Topliss-reactive ketones (excluding diaryl/α,β-unsaturated/α-hetero) is 1. The third kappa shape index (κ3) is 5.97. The first-order valence-electron chi connectivity index (χ1n) is 11.1. The molecule has 2 rings (SSSR count). The molecule has 1 unspecified atom stereocenters. The number of alkyl halides is 2. The molecule has 5 atom stereocenters. The van der Waals surface area contributed by atoms with Gasteiger partial charge in [0.1, 0.15) is 10.4 Å². The minimum absolute atomic E-state index is 0.187. The number of allylic oxidation sites excluding steroid dienone is 1. The van der Waals surface area contributed by atoms with Crippen molar-refractivity contribution in [3.8, 4) is 0 Å². The third-order valence-electron chi connectivity index (χ3n) is 6.23. The van der Waals surface area contributed by atoms with Crippen LogP contribution in [0, 0.1) is 17.3 Å². The van der Waals surface area contributed by atoms with E-state index in [1.807, 2.05) is 20.8 Å². The van der Waals surface area contributed by atoms with Gasteiger partial charge in [-0.1, -0.05) is 32.9 Å². The van der Waals surface area contributed by atoms with Gasteiger partial charge in [0.25, 0.3) is 5.91 Å². The van der Waals surface area contributed by atoms with E-state index in [0.29, 0.717) is 12.8 Å². The fraction of sp³-hybridized carbons (Fsp3) is 0.652. The largest absolute Gasteiger partial charge is 0.349 e. The van der Waals surface area contributed by atoms with Crippen molar-refractivity contribution in [3.63, 3.8) is 0 Å². The molecule has 184 valence electrons. The van der Waals surface area contributed by atoms with Gasteiger partial charge in [0, 0.05) is 24.9 Å². The number of fused-ring (bicyclic) bond motifs is 1. The van der Waals surface area contributed by atoms with E-state index in [1.165, 1.54) is 4.90 Å². The van der Waals surface area contributed by atoms with Crippen molar-refractivity contribution in [2.24, 2.45) is 23.0 Å². The third-order valence-corrected chi connectivity index (χ3v) is 7.30. The number of rotatable bonds is 11. The molecule has 1 saturated carbocycles. The van der Waals surface area contributed by atoms with E-state index in [1.54, 1.807) is 12.2 Å². The number of hydrogen-bond acceptors (Lipinski definition) is 5. The smallest absolute Gasteiger partial charge is 0.289 e. The molecule has 0 aromatic heterocycles. The lowest BCUT2D eigenvalue weighted by atomic mass is 9.86. The summed E-state index contributed by atoms with van der Waals surface area (Å²) in [6.45, 7) is 13.2. The molecule has 10 heteroatoms. The highest BCUT2D eigenvalue weighted by atomic mass is 35.5. The number of halogens is 2. The highest BCUT2D eigenvalue weighted by Gasteiger charge is 2.74. The van der Waals surface area contributed by atoms with Crippen molar-refractivity contribution < 1.29 is 19.2 Å². The van der Waals surface area contributed by atoms with Crippen molar-refractivity contribution in [2.75, 3.05) is 13.1 Å². The summed E-state index contributed by atoms with van der Waals surface area (Å²) in [5.41, 5.74) is 5.65. The first-order chi connectivity index (χ1) is 15.3. The van der Waals surface area contributed by atoms with Crippen LogP contribution in [0.3, 0.4) is 0 Å². The van der Waals surface area contributed by atoms with Gasteiger partial charge in [-0.05, 0) is 24.7 Å². The fourth-order valence-corrected chi connectivity index (χ4v) is 4.85. The molecule has 1 aliphatic carbocycles. The molecule has 0 aromatic carbocycles. The summed E-state index contributed by atoms with van der Waals surface area (Å²) in [5, 5.41) is 5.16. The summed E-state index contributed by atoms with van der Waals surface area (Å²) in [6, 6.07) is -2.89. The molecule has 0 spiro atoms. The zero-order valence-electron chi connectivity index (χ0n) is 19.4.